The van der Waals surface area contributed by atoms with E-state index in [4.69, 9.17) is 4.74 Å². The first-order valence-corrected chi connectivity index (χ1v) is 6.69. The van der Waals surface area contributed by atoms with Gasteiger partial charge in [0.05, 0.1) is 19.6 Å². The van der Waals surface area contributed by atoms with E-state index in [-0.39, 0.29) is 12.0 Å². The van der Waals surface area contributed by atoms with Crippen LogP contribution >= 0.6 is 0 Å². The van der Waals surface area contributed by atoms with Crippen molar-refractivity contribution in [2.45, 2.75) is 51.5 Å². The van der Waals surface area contributed by atoms with E-state index in [1.807, 2.05) is 0 Å². The van der Waals surface area contributed by atoms with Gasteiger partial charge in [-0.2, -0.15) is 0 Å². The molecule has 1 N–H and O–H groups in total. The number of hydrogen-bond donors (Lipinski definition) is 1. The molecular formula is C13H25NO3. The van der Waals surface area contributed by atoms with E-state index in [0.29, 0.717) is 0 Å². The highest BCUT2D eigenvalue weighted by atomic mass is 16.5. The molecule has 0 aromatic heterocycles. The molecule has 4 nitrogen and oxygen atoms in total. The average Bonchev–Trinajstić information content (AvgIpc) is 2.30. The van der Waals surface area contributed by atoms with Gasteiger partial charge < -0.3 is 9.84 Å². The molecule has 1 heterocycles. The number of nitrogens with zero attached hydrogens (tertiary/aromatic N) is 1. The first-order chi connectivity index (χ1) is 8.14. The topological polar surface area (TPSA) is 49.8 Å². The Morgan fingerprint density at radius 3 is 2.18 bits per heavy atom. The maximum absolute atomic E-state index is 11.1. The van der Waals surface area contributed by atoms with Gasteiger partial charge in [0.15, 0.2) is 0 Å². The minimum absolute atomic E-state index is 0.154. The summed E-state index contributed by atoms with van der Waals surface area (Å²) in [5, 5.41) is 9.18. The summed E-state index contributed by atoms with van der Waals surface area (Å²) in [5.74, 6) is -0.682. The normalized spacial score (nSPS) is 18.2. The fourth-order valence-electron chi connectivity index (χ4n) is 2.98. The first kappa shape index (κ1) is 14.5. The Balaban J connectivity index is 2.81. The lowest BCUT2D eigenvalue weighted by molar-refractivity contribution is -0.142. The zero-order chi connectivity index (χ0) is 12.7. The second kappa shape index (κ2) is 6.97. The maximum Gasteiger partial charge on any atom is 0.305 e. The predicted molar refractivity (Wildman–Crippen MR) is 67.2 cm³/mol. The van der Waals surface area contributed by atoms with Gasteiger partial charge in [0.25, 0.3) is 0 Å². The van der Waals surface area contributed by atoms with Crippen LogP contribution in [0.5, 0.6) is 0 Å². The molecule has 17 heavy (non-hydrogen) atoms. The summed E-state index contributed by atoms with van der Waals surface area (Å²) >= 11 is 0. The molecular weight excluding hydrogens is 218 g/mol. The largest absolute Gasteiger partial charge is 0.481 e. The van der Waals surface area contributed by atoms with Crippen LogP contribution in [0.15, 0.2) is 0 Å². The zero-order valence-corrected chi connectivity index (χ0v) is 11.1. The quantitative estimate of drug-likeness (QED) is 0.744. The van der Waals surface area contributed by atoms with Crippen LogP contribution in [0, 0.1) is 0 Å². The van der Waals surface area contributed by atoms with E-state index in [9.17, 15) is 9.90 Å². The van der Waals surface area contributed by atoms with Gasteiger partial charge in [-0.3, -0.25) is 9.69 Å². The molecule has 1 fully saturated rings. The minimum Gasteiger partial charge on any atom is -0.481 e. The van der Waals surface area contributed by atoms with Crippen LogP contribution in [0.1, 0.15) is 46.0 Å². The fourth-order valence-corrected chi connectivity index (χ4v) is 2.98. The molecule has 0 radical (unpaired) electrons. The van der Waals surface area contributed by atoms with Crippen LogP contribution in [0.3, 0.4) is 0 Å². The van der Waals surface area contributed by atoms with Gasteiger partial charge >= 0.3 is 5.97 Å². The average molecular weight is 243 g/mol. The summed E-state index contributed by atoms with van der Waals surface area (Å²) in [6.07, 6.45) is 4.25. The first-order valence-electron chi connectivity index (χ1n) is 6.69. The Labute approximate surface area is 104 Å². The van der Waals surface area contributed by atoms with Crippen molar-refractivity contribution >= 4 is 5.97 Å². The Kier molecular flexibility index (Phi) is 5.92. The van der Waals surface area contributed by atoms with Crippen LogP contribution in [-0.4, -0.2) is 47.8 Å². The number of carboxylic acid groups (broad SMARTS) is 1. The molecule has 0 bridgehead atoms. The van der Waals surface area contributed by atoms with Gasteiger partial charge in [-0.1, -0.05) is 26.7 Å². The second-order valence-electron chi connectivity index (χ2n) is 4.89. The van der Waals surface area contributed by atoms with E-state index >= 15 is 0 Å². The van der Waals surface area contributed by atoms with Crippen LogP contribution in [0.2, 0.25) is 0 Å². The van der Waals surface area contributed by atoms with Crippen LogP contribution < -0.4 is 0 Å². The van der Waals surface area contributed by atoms with E-state index in [1.165, 1.54) is 0 Å². The van der Waals surface area contributed by atoms with Crippen LogP contribution in [-0.2, 0) is 9.53 Å². The van der Waals surface area contributed by atoms with Crippen molar-refractivity contribution in [1.29, 1.82) is 0 Å². The number of carbonyl (C=O) groups is 1. The lowest BCUT2D eigenvalue weighted by Gasteiger charge is -2.45. The van der Waals surface area contributed by atoms with Gasteiger partial charge in [-0.25, -0.2) is 0 Å². The Morgan fingerprint density at radius 1 is 1.24 bits per heavy atom. The fraction of sp³-hybridized carbons (Fsp3) is 0.923. The van der Waals surface area contributed by atoms with Crippen molar-refractivity contribution in [3.63, 3.8) is 0 Å². The SMILES string of the molecule is CCCC(CCC)(CC(=O)O)N1CCOCC1. The van der Waals surface area contributed by atoms with Crippen molar-refractivity contribution in [3.8, 4) is 0 Å². The third-order valence-electron chi connectivity index (χ3n) is 3.59. The zero-order valence-electron chi connectivity index (χ0n) is 11.1. The minimum atomic E-state index is -0.682. The summed E-state index contributed by atoms with van der Waals surface area (Å²) in [4.78, 5) is 13.5. The standard InChI is InChI=1S/C13H25NO3/c1-3-5-13(6-4-2,11-12(15)16)14-7-9-17-10-8-14/h3-11H2,1-2H3,(H,15,16). The van der Waals surface area contributed by atoms with E-state index in [2.05, 4.69) is 18.7 Å². The highest BCUT2D eigenvalue weighted by molar-refractivity contribution is 5.68. The molecule has 0 aliphatic carbocycles. The molecule has 1 aliphatic heterocycles. The van der Waals surface area contributed by atoms with E-state index in [1.54, 1.807) is 0 Å². The molecule has 0 saturated carbocycles. The monoisotopic (exact) mass is 243 g/mol. The van der Waals surface area contributed by atoms with Gasteiger partial charge in [0.2, 0.25) is 0 Å². The lowest BCUT2D eigenvalue weighted by atomic mass is 9.83. The molecule has 1 saturated heterocycles. The maximum atomic E-state index is 11.1. The molecule has 100 valence electrons. The summed E-state index contributed by atoms with van der Waals surface area (Å²) in [6, 6.07) is 0. The molecule has 0 aromatic carbocycles. The number of morpholine rings is 1. The molecule has 0 unspecified atom stereocenters. The van der Waals surface area contributed by atoms with Crippen molar-refractivity contribution in [1.82, 2.24) is 4.90 Å². The highest BCUT2D eigenvalue weighted by Crippen LogP contribution is 2.31. The molecule has 0 atom stereocenters. The van der Waals surface area contributed by atoms with Crippen molar-refractivity contribution in [2.75, 3.05) is 26.3 Å². The number of carboxylic acids is 1. The number of aliphatic carboxylic acids is 1. The Bertz CT molecular complexity index is 231. The van der Waals surface area contributed by atoms with Crippen LogP contribution in [0.4, 0.5) is 0 Å². The molecule has 0 amide bonds. The molecule has 4 heteroatoms. The highest BCUT2D eigenvalue weighted by Gasteiger charge is 2.37. The second-order valence-corrected chi connectivity index (χ2v) is 4.89. The number of ether oxygens (including phenoxy) is 1. The Hall–Kier alpha value is -0.610. The summed E-state index contributed by atoms with van der Waals surface area (Å²) < 4.78 is 5.37. The number of rotatable bonds is 7. The number of hydrogen-bond acceptors (Lipinski definition) is 3. The van der Waals surface area contributed by atoms with E-state index < -0.39 is 5.97 Å². The molecule has 0 spiro atoms. The summed E-state index contributed by atoms with van der Waals surface area (Å²) in [5.41, 5.74) is -0.154. The molecule has 0 aromatic rings. The van der Waals surface area contributed by atoms with Gasteiger partial charge in [0, 0.05) is 18.6 Å². The molecule has 1 rings (SSSR count). The van der Waals surface area contributed by atoms with Crippen molar-refractivity contribution in [2.24, 2.45) is 0 Å². The summed E-state index contributed by atoms with van der Waals surface area (Å²) in [6.45, 7) is 7.46. The van der Waals surface area contributed by atoms with Crippen molar-refractivity contribution < 1.29 is 14.6 Å². The van der Waals surface area contributed by atoms with Crippen LogP contribution in [0.25, 0.3) is 0 Å². The summed E-state index contributed by atoms with van der Waals surface area (Å²) in [7, 11) is 0. The predicted octanol–water partition coefficient (Wildman–Crippen LogP) is 2.13. The van der Waals surface area contributed by atoms with Gasteiger partial charge in [-0.05, 0) is 12.8 Å². The Morgan fingerprint density at radius 2 is 1.76 bits per heavy atom. The molecule has 1 aliphatic rings. The van der Waals surface area contributed by atoms with Crippen molar-refractivity contribution in [3.05, 3.63) is 0 Å². The lowest BCUT2D eigenvalue weighted by Crippen LogP contribution is -2.54. The van der Waals surface area contributed by atoms with Gasteiger partial charge in [0.1, 0.15) is 0 Å². The van der Waals surface area contributed by atoms with Gasteiger partial charge in [-0.15, -0.1) is 0 Å². The third kappa shape index (κ3) is 3.96. The third-order valence-corrected chi connectivity index (χ3v) is 3.59. The smallest absolute Gasteiger partial charge is 0.305 e. The van der Waals surface area contributed by atoms with E-state index in [0.717, 1.165) is 52.0 Å².